The highest BCUT2D eigenvalue weighted by Crippen LogP contribution is 2.26. The Balaban J connectivity index is 2.92. The number of urea groups is 1. The SMILES string of the molecule is CC(C)C1(C)NC(=O)N(CC(C)(C)O)C1=O. The number of nitrogens with one attached hydrogen (secondary N) is 1. The van der Waals surface area contributed by atoms with E-state index in [1.807, 2.05) is 13.8 Å². The molecular formula is C11H20N2O3. The van der Waals surface area contributed by atoms with Crippen LogP contribution in [-0.4, -0.2) is 39.6 Å². The minimum atomic E-state index is -1.07. The van der Waals surface area contributed by atoms with Gasteiger partial charge >= 0.3 is 6.03 Å². The highest BCUT2D eigenvalue weighted by atomic mass is 16.3. The number of imide groups is 1. The third-order valence-corrected chi connectivity index (χ3v) is 3.00. The number of carbonyl (C=O) groups excluding carboxylic acids is 2. The van der Waals surface area contributed by atoms with Gasteiger partial charge in [-0.2, -0.15) is 0 Å². The van der Waals surface area contributed by atoms with Crippen molar-refractivity contribution in [3.8, 4) is 0 Å². The van der Waals surface area contributed by atoms with Crippen molar-refractivity contribution in [2.45, 2.75) is 45.8 Å². The molecule has 0 aromatic rings. The van der Waals surface area contributed by atoms with Crippen LogP contribution >= 0.6 is 0 Å². The lowest BCUT2D eigenvalue weighted by molar-refractivity contribution is -0.134. The quantitative estimate of drug-likeness (QED) is 0.699. The standard InChI is InChI=1S/C11H20N2O3/c1-7(2)11(5)8(14)13(9(15)12-11)6-10(3,4)16/h7,16H,6H2,1-5H3,(H,12,15). The fourth-order valence-corrected chi connectivity index (χ4v) is 1.64. The van der Waals surface area contributed by atoms with E-state index in [2.05, 4.69) is 5.32 Å². The summed E-state index contributed by atoms with van der Waals surface area (Å²) in [5.74, 6) is -0.259. The average molecular weight is 228 g/mol. The molecule has 0 radical (unpaired) electrons. The van der Waals surface area contributed by atoms with Gasteiger partial charge in [0.05, 0.1) is 12.1 Å². The minimum absolute atomic E-state index is 0.00996. The summed E-state index contributed by atoms with van der Waals surface area (Å²) in [6.07, 6.45) is 0. The fourth-order valence-electron chi connectivity index (χ4n) is 1.64. The van der Waals surface area contributed by atoms with Gasteiger partial charge in [-0.1, -0.05) is 13.8 Å². The molecule has 0 bridgehead atoms. The molecule has 1 fully saturated rings. The van der Waals surface area contributed by atoms with Crippen molar-refractivity contribution in [2.24, 2.45) is 5.92 Å². The lowest BCUT2D eigenvalue weighted by atomic mass is 9.88. The molecule has 16 heavy (non-hydrogen) atoms. The lowest BCUT2D eigenvalue weighted by Crippen LogP contribution is -2.49. The molecule has 92 valence electrons. The van der Waals surface area contributed by atoms with E-state index in [1.165, 1.54) is 0 Å². The van der Waals surface area contributed by atoms with Crippen LogP contribution in [0, 0.1) is 5.92 Å². The van der Waals surface area contributed by atoms with Gasteiger partial charge in [0.25, 0.3) is 5.91 Å². The summed E-state index contributed by atoms with van der Waals surface area (Å²) < 4.78 is 0. The molecule has 1 rings (SSSR count). The third kappa shape index (κ3) is 2.19. The Morgan fingerprint density at radius 3 is 2.25 bits per heavy atom. The monoisotopic (exact) mass is 228 g/mol. The number of nitrogens with zero attached hydrogens (tertiary/aromatic N) is 1. The Bertz CT molecular complexity index is 320. The van der Waals surface area contributed by atoms with Crippen LogP contribution in [0.1, 0.15) is 34.6 Å². The molecule has 1 aliphatic rings. The number of aliphatic hydroxyl groups is 1. The smallest absolute Gasteiger partial charge is 0.325 e. The van der Waals surface area contributed by atoms with E-state index in [0.717, 1.165) is 4.90 Å². The number of hydrogen-bond donors (Lipinski definition) is 2. The lowest BCUT2D eigenvalue weighted by Gasteiger charge is -2.27. The van der Waals surface area contributed by atoms with Crippen LogP contribution in [0.25, 0.3) is 0 Å². The van der Waals surface area contributed by atoms with Gasteiger partial charge in [-0.3, -0.25) is 9.69 Å². The van der Waals surface area contributed by atoms with Crippen LogP contribution in [0.4, 0.5) is 4.79 Å². The highest BCUT2D eigenvalue weighted by Gasteiger charge is 2.50. The molecule has 5 heteroatoms. The van der Waals surface area contributed by atoms with E-state index < -0.39 is 17.2 Å². The molecule has 0 aliphatic carbocycles. The number of carbonyl (C=O) groups is 2. The van der Waals surface area contributed by atoms with Crippen LogP contribution in [0.5, 0.6) is 0 Å². The maximum Gasteiger partial charge on any atom is 0.325 e. The number of rotatable bonds is 3. The first-order chi connectivity index (χ1) is 7.08. The van der Waals surface area contributed by atoms with Crippen LogP contribution in [0.15, 0.2) is 0 Å². The van der Waals surface area contributed by atoms with Gasteiger partial charge in [-0.15, -0.1) is 0 Å². The maximum absolute atomic E-state index is 12.1. The third-order valence-electron chi connectivity index (χ3n) is 3.00. The van der Waals surface area contributed by atoms with E-state index in [-0.39, 0.29) is 18.4 Å². The first kappa shape index (κ1) is 13.0. The molecular weight excluding hydrogens is 208 g/mol. The first-order valence-electron chi connectivity index (χ1n) is 5.44. The molecule has 0 saturated carbocycles. The topological polar surface area (TPSA) is 69.6 Å². The van der Waals surface area contributed by atoms with Crippen molar-refractivity contribution in [1.29, 1.82) is 0 Å². The molecule has 1 unspecified atom stereocenters. The zero-order valence-corrected chi connectivity index (χ0v) is 10.5. The second-order valence-corrected chi connectivity index (χ2v) is 5.49. The Morgan fingerprint density at radius 2 is 1.94 bits per heavy atom. The van der Waals surface area contributed by atoms with E-state index in [1.54, 1.807) is 20.8 Å². The predicted molar refractivity (Wildman–Crippen MR) is 59.8 cm³/mol. The van der Waals surface area contributed by atoms with Gasteiger partial charge in [-0.05, 0) is 26.7 Å². The van der Waals surface area contributed by atoms with Gasteiger partial charge < -0.3 is 10.4 Å². The largest absolute Gasteiger partial charge is 0.389 e. The van der Waals surface area contributed by atoms with Gasteiger partial charge in [0.1, 0.15) is 5.54 Å². The molecule has 5 nitrogen and oxygen atoms in total. The van der Waals surface area contributed by atoms with Crippen LogP contribution in [0.2, 0.25) is 0 Å². The Kier molecular flexibility index (Phi) is 3.02. The van der Waals surface area contributed by atoms with Crippen LogP contribution in [0.3, 0.4) is 0 Å². The van der Waals surface area contributed by atoms with Crippen LogP contribution in [-0.2, 0) is 4.79 Å². The zero-order chi connectivity index (χ0) is 12.7. The van der Waals surface area contributed by atoms with Crippen molar-refractivity contribution in [3.05, 3.63) is 0 Å². The van der Waals surface area contributed by atoms with Gasteiger partial charge in [0.15, 0.2) is 0 Å². The Morgan fingerprint density at radius 1 is 1.44 bits per heavy atom. The Hall–Kier alpha value is -1.10. The predicted octanol–water partition coefficient (Wildman–Crippen LogP) is 0.724. The second-order valence-electron chi connectivity index (χ2n) is 5.49. The highest BCUT2D eigenvalue weighted by molar-refractivity contribution is 6.07. The molecule has 3 amide bonds. The van der Waals surface area contributed by atoms with Gasteiger partial charge in [-0.25, -0.2) is 4.79 Å². The Labute approximate surface area is 95.8 Å². The van der Waals surface area contributed by atoms with E-state index >= 15 is 0 Å². The zero-order valence-electron chi connectivity index (χ0n) is 10.5. The average Bonchev–Trinajstić information content (AvgIpc) is 2.28. The van der Waals surface area contributed by atoms with Crippen LogP contribution < -0.4 is 5.32 Å². The summed E-state index contributed by atoms with van der Waals surface area (Å²) in [5.41, 5.74) is -1.93. The van der Waals surface area contributed by atoms with Crippen molar-refractivity contribution < 1.29 is 14.7 Å². The minimum Gasteiger partial charge on any atom is -0.389 e. The summed E-state index contributed by atoms with van der Waals surface area (Å²) in [5, 5.41) is 12.3. The molecule has 1 saturated heterocycles. The summed E-state index contributed by atoms with van der Waals surface area (Å²) in [6, 6.07) is -0.427. The molecule has 1 atom stereocenters. The number of β-amino-alcohol motifs (C(OH)–C–C–N with tert-alkyl or cyclic N) is 1. The van der Waals surface area contributed by atoms with E-state index in [4.69, 9.17) is 0 Å². The molecule has 1 heterocycles. The number of amides is 3. The summed E-state index contributed by atoms with van der Waals surface area (Å²) in [6.45, 7) is 8.62. The summed E-state index contributed by atoms with van der Waals surface area (Å²) in [4.78, 5) is 24.8. The molecule has 2 N–H and O–H groups in total. The van der Waals surface area contributed by atoms with Gasteiger partial charge in [0.2, 0.25) is 0 Å². The molecule has 0 aromatic heterocycles. The van der Waals surface area contributed by atoms with Gasteiger partial charge in [0, 0.05) is 0 Å². The number of hydrogen-bond acceptors (Lipinski definition) is 3. The molecule has 0 spiro atoms. The van der Waals surface area contributed by atoms with Crippen molar-refractivity contribution in [3.63, 3.8) is 0 Å². The maximum atomic E-state index is 12.1. The molecule has 1 aliphatic heterocycles. The van der Waals surface area contributed by atoms with Crippen molar-refractivity contribution in [1.82, 2.24) is 10.2 Å². The van der Waals surface area contributed by atoms with Crippen molar-refractivity contribution in [2.75, 3.05) is 6.54 Å². The van der Waals surface area contributed by atoms with E-state index in [9.17, 15) is 14.7 Å². The second kappa shape index (κ2) is 3.73. The molecule has 0 aromatic carbocycles. The fraction of sp³-hybridized carbons (Fsp3) is 0.818. The van der Waals surface area contributed by atoms with E-state index in [0.29, 0.717) is 0 Å². The summed E-state index contributed by atoms with van der Waals surface area (Å²) >= 11 is 0. The summed E-state index contributed by atoms with van der Waals surface area (Å²) in [7, 11) is 0. The van der Waals surface area contributed by atoms with Crippen molar-refractivity contribution >= 4 is 11.9 Å². The normalized spacial score (nSPS) is 26.6. The first-order valence-corrected chi connectivity index (χ1v) is 5.44.